The molecule has 0 radical (unpaired) electrons. The smallest absolute Gasteiger partial charge is 0.345 e. The standard InChI is InChI=1S/C20H25N5O/c1-3-25-19(22-23(2)20(25)26)14-15-9-12-24(13-10-15)18-8-11-21-17-7-5-4-6-16(17)18/h4-8,11,15H,3,9-10,12-14H2,1-2H3. The summed E-state index contributed by atoms with van der Waals surface area (Å²) in [6.45, 7) is 4.75. The van der Waals surface area contributed by atoms with Crippen LogP contribution in [0, 0.1) is 5.92 Å². The van der Waals surface area contributed by atoms with Gasteiger partial charge in [0.15, 0.2) is 0 Å². The van der Waals surface area contributed by atoms with Crippen molar-refractivity contribution in [2.45, 2.75) is 32.7 Å². The number of nitrogens with zero attached hydrogens (tertiary/aromatic N) is 5. The van der Waals surface area contributed by atoms with Crippen molar-refractivity contribution in [3.8, 4) is 0 Å². The summed E-state index contributed by atoms with van der Waals surface area (Å²) in [7, 11) is 1.73. The Labute approximate surface area is 153 Å². The molecule has 1 aromatic carbocycles. The third-order valence-corrected chi connectivity index (χ3v) is 5.45. The van der Waals surface area contributed by atoms with Crippen LogP contribution in [-0.2, 0) is 20.0 Å². The fourth-order valence-corrected chi connectivity index (χ4v) is 4.02. The summed E-state index contributed by atoms with van der Waals surface area (Å²) < 4.78 is 3.25. The molecule has 0 unspecified atom stereocenters. The predicted molar refractivity (Wildman–Crippen MR) is 104 cm³/mol. The number of para-hydroxylation sites is 1. The van der Waals surface area contributed by atoms with Crippen LogP contribution < -0.4 is 10.6 Å². The van der Waals surface area contributed by atoms with Crippen molar-refractivity contribution in [3.05, 3.63) is 52.8 Å². The lowest BCUT2D eigenvalue weighted by Crippen LogP contribution is -2.35. The van der Waals surface area contributed by atoms with Crippen molar-refractivity contribution >= 4 is 16.6 Å². The first-order valence-corrected chi connectivity index (χ1v) is 9.38. The highest BCUT2D eigenvalue weighted by Crippen LogP contribution is 2.30. The molecule has 0 saturated carbocycles. The normalized spacial score (nSPS) is 15.7. The third kappa shape index (κ3) is 3.00. The molecule has 0 atom stereocenters. The number of rotatable bonds is 4. The maximum atomic E-state index is 12.1. The third-order valence-electron chi connectivity index (χ3n) is 5.45. The quantitative estimate of drug-likeness (QED) is 0.725. The molecule has 0 bridgehead atoms. The second-order valence-electron chi connectivity index (χ2n) is 7.05. The molecule has 2 aromatic heterocycles. The van der Waals surface area contributed by atoms with Crippen LogP contribution in [-0.4, -0.2) is 32.4 Å². The fourth-order valence-electron chi connectivity index (χ4n) is 4.02. The number of aryl methyl sites for hydroxylation is 1. The molecule has 1 saturated heterocycles. The first-order valence-electron chi connectivity index (χ1n) is 9.38. The molecule has 4 rings (SSSR count). The van der Waals surface area contributed by atoms with Gasteiger partial charge in [0.05, 0.1) is 5.52 Å². The van der Waals surface area contributed by atoms with E-state index in [4.69, 9.17) is 0 Å². The monoisotopic (exact) mass is 351 g/mol. The van der Waals surface area contributed by atoms with Gasteiger partial charge in [-0.3, -0.25) is 9.55 Å². The molecule has 136 valence electrons. The van der Waals surface area contributed by atoms with Crippen LogP contribution in [0.1, 0.15) is 25.6 Å². The molecule has 26 heavy (non-hydrogen) atoms. The largest absolute Gasteiger partial charge is 0.371 e. The Morgan fingerprint density at radius 1 is 1.15 bits per heavy atom. The molecule has 0 N–H and O–H groups in total. The highest BCUT2D eigenvalue weighted by Gasteiger charge is 2.23. The number of anilines is 1. The zero-order valence-electron chi connectivity index (χ0n) is 15.4. The predicted octanol–water partition coefficient (Wildman–Crippen LogP) is 2.61. The van der Waals surface area contributed by atoms with Crippen LogP contribution in [0.4, 0.5) is 5.69 Å². The topological polar surface area (TPSA) is 56.0 Å². The summed E-state index contributed by atoms with van der Waals surface area (Å²) in [5, 5.41) is 5.66. The van der Waals surface area contributed by atoms with Gasteiger partial charge in [-0.15, -0.1) is 0 Å². The number of fused-ring (bicyclic) bond motifs is 1. The average molecular weight is 351 g/mol. The average Bonchev–Trinajstić information content (AvgIpc) is 2.95. The van der Waals surface area contributed by atoms with E-state index in [0.29, 0.717) is 12.5 Å². The number of aromatic nitrogens is 4. The van der Waals surface area contributed by atoms with Crippen molar-refractivity contribution in [2.24, 2.45) is 13.0 Å². The number of pyridine rings is 1. The molecule has 0 aliphatic carbocycles. The van der Waals surface area contributed by atoms with Gasteiger partial charge in [0.25, 0.3) is 0 Å². The molecule has 3 heterocycles. The van der Waals surface area contributed by atoms with Crippen molar-refractivity contribution < 1.29 is 0 Å². The van der Waals surface area contributed by atoms with Crippen LogP contribution >= 0.6 is 0 Å². The van der Waals surface area contributed by atoms with E-state index in [1.54, 1.807) is 11.6 Å². The molecular weight excluding hydrogens is 326 g/mol. The van der Waals surface area contributed by atoms with Gasteiger partial charge in [0.2, 0.25) is 0 Å². The first-order chi connectivity index (χ1) is 12.7. The van der Waals surface area contributed by atoms with Gasteiger partial charge in [-0.1, -0.05) is 18.2 Å². The summed E-state index contributed by atoms with van der Waals surface area (Å²) in [4.78, 5) is 19.0. The Kier molecular flexibility index (Phi) is 4.49. The summed E-state index contributed by atoms with van der Waals surface area (Å²) in [5.41, 5.74) is 2.31. The molecule has 3 aromatic rings. The van der Waals surface area contributed by atoms with Gasteiger partial charge in [-0.25, -0.2) is 9.48 Å². The van der Waals surface area contributed by atoms with Crippen LogP contribution in [0.3, 0.4) is 0 Å². The van der Waals surface area contributed by atoms with Crippen LogP contribution in [0.25, 0.3) is 10.9 Å². The van der Waals surface area contributed by atoms with Crippen LogP contribution in [0.15, 0.2) is 41.3 Å². The molecule has 1 aliphatic rings. The SMILES string of the molecule is CCn1c(CC2CCN(c3ccnc4ccccc34)CC2)nn(C)c1=O. The van der Waals surface area contributed by atoms with E-state index in [-0.39, 0.29) is 5.69 Å². The highest BCUT2D eigenvalue weighted by atomic mass is 16.2. The van der Waals surface area contributed by atoms with Crippen LogP contribution in [0.2, 0.25) is 0 Å². The molecular formula is C20H25N5O. The molecule has 1 aliphatic heterocycles. The van der Waals surface area contributed by atoms with Gasteiger partial charge in [0.1, 0.15) is 5.82 Å². The van der Waals surface area contributed by atoms with E-state index < -0.39 is 0 Å². The number of piperidine rings is 1. The minimum absolute atomic E-state index is 0.0109. The van der Waals surface area contributed by atoms with E-state index in [2.05, 4.69) is 39.2 Å². The van der Waals surface area contributed by atoms with Crippen molar-refractivity contribution in [1.82, 2.24) is 19.3 Å². The minimum atomic E-state index is -0.0109. The summed E-state index contributed by atoms with van der Waals surface area (Å²) >= 11 is 0. The van der Waals surface area contributed by atoms with E-state index in [1.807, 2.05) is 19.2 Å². The molecule has 1 fully saturated rings. The van der Waals surface area contributed by atoms with E-state index in [9.17, 15) is 4.79 Å². The van der Waals surface area contributed by atoms with Crippen LogP contribution in [0.5, 0.6) is 0 Å². The van der Waals surface area contributed by atoms with Crippen molar-refractivity contribution in [2.75, 3.05) is 18.0 Å². The van der Waals surface area contributed by atoms with E-state index >= 15 is 0 Å². The number of hydrogen-bond donors (Lipinski definition) is 0. The zero-order valence-corrected chi connectivity index (χ0v) is 15.4. The van der Waals surface area contributed by atoms with Crippen molar-refractivity contribution in [3.63, 3.8) is 0 Å². The Morgan fingerprint density at radius 3 is 2.69 bits per heavy atom. The Balaban J connectivity index is 1.48. The minimum Gasteiger partial charge on any atom is -0.371 e. The maximum Gasteiger partial charge on any atom is 0.345 e. The van der Waals surface area contributed by atoms with Gasteiger partial charge in [-0.05, 0) is 37.8 Å². The summed E-state index contributed by atoms with van der Waals surface area (Å²) in [5.74, 6) is 1.50. The molecule has 0 spiro atoms. The highest BCUT2D eigenvalue weighted by molar-refractivity contribution is 5.91. The lowest BCUT2D eigenvalue weighted by Gasteiger charge is -2.34. The van der Waals surface area contributed by atoms with Gasteiger partial charge in [0, 0.05) is 50.4 Å². The summed E-state index contributed by atoms with van der Waals surface area (Å²) in [6.07, 6.45) is 5.02. The molecule has 0 amide bonds. The number of benzene rings is 1. The summed E-state index contributed by atoms with van der Waals surface area (Å²) in [6, 6.07) is 10.4. The zero-order chi connectivity index (χ0) is 18.1. The first kappa shape index (κ1) is 16.8. The lowest BCUT2D eigenvalue weighted by molar-refractivity contribution is 0.391. The fraction of sp³-hybridized carbons (Fsp3) is 0.450. The molecule has 6 nitrogen and oxygen atoms in total. The van der Waals surface area contributed by atoms with E-state index in [1.165, 1.54) is 15.8 Å². The van der Waals surface area contributed by atoms with Gasteiger partial charge >= 0.3 is 5.69 Å². The van der Waals surface area contributed by atoms with Crippen molar-refractivity contribution in [1.29, 1.82) is 0 Å². The Morgan fingerprint density at radius 2 is 1.92 bits per heavy atom. The maximum absolute atomic E-state index is 12.1. The molecule has 6 heteroatoms. The van der Waals surface area contributed by atoms with Gasteiger partial charge < -0.3 is 4.90 Å². The Bertz CT molecular complexity index is 960. The van der Waals surface area contributed by atoms with E-state index in [0.717, 1.165) is 43.7 Å². The Hall–Kier alpha value is -2.63. The van der Waals surface area contributed by atoms with Gasteiger partial charge in [-0.2, -0.15) is 5.10 Å². The second kappa shape index (κ2) is 6.94. The number of hydrogen-bond acceptors (Lipinski definition) is 4. The lowest BCUT2D eigenvalue weighted by atomic mass is 9.92. The second-order valence-corrected chi connectivity index (χ2v) is 7.05.